The lowest BCUT2D eigenvalue weighted by Gasteiger charge is -2.31. The van der Waals surface area contributed by atoms with Gasteiger partial charge in [-0.15, -0.1) is 0 Å². The average Bonchev–Trinajstić information content (AvgIpc) is 3.15. The van der Waals surface area contributed by atoms with Crippen molar-refractivity contribution in [2.45, 2.75) is 44.9 Å². The van der Waals surface area contributed by atoms with Crippen molar-refractivity contribution in [3.05, 3.63) is 36.0 Å². The molecule has 0 unspecified atom stereocenters. The van der Waals surface area contributed by atoms with E-state index >= 15 is 0 Å². The summed E-state index contributed by atoms with van der Waals surface area (Å²) in [7, 11) is 3.63. The Morgan fingerprint density at radius 3 is 2.58 bits per heavy atom. The molecule has 4 atom stereocenters. The third-order valence-corrected chi connectivity index (χ3v) is 5.85. The van der Waals surface area contributed by atoms with E-state index in [9.17, 15) is 14.4 Å². The van der Waals surface area contributed by atoms with E-state index in [4.69, 9.17) is 4.74 Å². The molecule has 1 fully saturated rings. The summed E-state index contributed by atoms with van der Waals surface area (Å²) < 4.78 is 6.15. The average molecular weight is 429 g/mol. The number of hydrogen-bond acceptors (Lipinski definition) is 5. The van der Waals surface area contributed by atoms with Crippen molar-refractivity contribution >= 4 is 23.8 Å². The van der Waals surface area contributed by atoms with Crippen LogP contribution < -0.4 is 15.4 Å². The van der Waals surface area contributed by atoms with E-state index in [1.54, 1.807) is 22.1 Å². The zero-order valence-corrected chi connectivity index (χ0v) is 18.6. The van der Waals surface area contributed by atoms with Gasteiger partial charge in [0.15, 0.2) is 0 Å². The summed E-state index contributed by atoms with van der Waals surface area (Å²) in [5.41, 5.74) is 0.916. The molecule has 8 heteroatoms. The SMILES string of the molecule is CC[C@H](C)[C@@H]1NC(=O)[C@@H]2[C@H](CCN2C(=O)CN(C)C)Oc2ccc(cc2)/C=C/NC1=O. The van der Waals surface area contributed by atoms with Crippen LogP contribution in [-0.4, -0.2) is 72.9 Å². The minimum atomic E-state index is -0.801. The Bertz CT molecular complexity index is 836. The number of carbonyl (C=O) groups excluding carboxylic acids is 3. The van der Waals surface area contributed by atoms with E-state index in [1.165, 1.54) is 0 Å². The molecule has 3 aliphatic rings. The number of amides is 3. The molecule has 3 aliphatic heterocycles. The van der Waals surface area contributed by atoms with Crippen molar-refractivity contribution < 1.29 is 19.1 Å². The zero-order valence-electron chi connectivity index (χ0n) is 18.6. The summed E-state index contributed by atoms with van der Waals surface area (Å²) in [6, 6.07) is 5.91. The second-order valence-corrected chi connectivity index (χ2v) is 8.50. The Morgan fingerprint density at radius 2 is 1.94 bits per heavy atom. The normalized spacial score (nSPS) is 25.8. The molecule has 3 amide bonds. The van der Waals surface area contributed by atoms with Crippen LogP contribution in [0.25, 0.3) is 6.08 Å². The van der Waals surface area contributed by atoms with Gasteiger partial charge in [-0.2, -0.15) is 0 Å². The molecule has 2 bridgehead atoms. The maximum absolute atomic E-state index is 13.4. The number of benzene rings is 1. The molecule has 8 nitrogen and oxygen atoms in total. The van der Waals surface area contributed by atoms with Gasteiger partial charge in [-0.3, -0.25) is 14.4 Å². The number of ether oxygens (including phenoxy) is 1. The molecular weight excluding hydrogens is 396 g/mol. The van der Waals surface area contributed by atoms with E-state index in [0.717, 1.165) is 12.0 Å². The second-order valence-electron chi connectivity index (χ2n) is 8.50. The van der Waals surface area contributed by atoms with Crippen LogP contribution in [-0.2, 0) is 14.4 Å². The Labute approximate surface area is 183 Å². The molecule has 0 saturated carbocycles. The quantitative estimate of drug-likeness (QED) is 0.753. The smallest absolute Gasteiger partial charge is 0.247 e. The van der Waals surface area contributed by atoms with E-state index in [-0.39, 0.29) is 30.2 Å². The van der Waals surface area contributed by atoms with Gasteiger partial charge >= 0.3 is 0 Å². The number of likely N-dealkylation sites (N-methyl/N-ethyl adjacent to an activating group) is 1. The molecule has 0 aliphatic carbocycles. The highest BCUT2D eigenvalue weighted by Crippen LogP contribution is 2.26. The lowest BCUT2D eigenvalue weighted by Crippen LogP contribution is -2.58. The number of fused-ring (bicyclic) bond motifs is 7. The zero-order chi connectivity index (χ0) is 22.5. The van der Waals surface area contributed by atoms with E-state index in [0.29, 0.717) is 18.7 Å². The van der Waals surface area contributed by atoms with Gasteiger partial charge in [-0.1, -0.05) is 32.4 Å². The molecule has 168 valence electrons. The molecule has 0 radical (unpaired) electrons. The molecule has 4 rings (SSSR count). The number of hydrogen-bond donors (Lipinski definition) is 2. The van der Waals surface area contributed by atoms with Crippen molar-refractivity contribution in [3.8, 4) is 5.75 Å². The Kier molecular flexibility index (Phi) is 7.33. The fraction of sp³-hybridized carbons (Fsp3) is 0.522. The van der Waals surface area contributed by atoms with Crippen LogP contribution in [0, 0.1) is 5.92 Å². The lowest BCUT2D eigenvalue weighted by molar-refractivity contribution is -0.142. The molecule has 1 saturated heterocycles. The molecule has 1 aromatic rings. The third-order valence-electron chi connectivity index (χ3n) is 5.85. The fourth-order valence-electron chi connectivity index (χ4n) is 3.92. The van der Waals surface area contributed by atoms with Crippen molar-refractivity contribution in [1.82, 2.24) is 20.4 Å². The second kappa shape index (κ2) is 9.96. The number of likely N-dealkylation sites (tertiary alicyclic amines) is 1. The Morgan fingerprint density at radius 1 is 1.23 bits per heavy atom. The van der Waals surface area contributed by atoms with Crippen LogP contribution in [0.2, 0.25) is 0 Å². The van der Waals surface area contributed by atoms with Gasteiger partial charge in [0, 0.05) is 19.2 Å². The van der Waals surface area contributed by atoms with Crippen molar-refractivity contribution in [2.24, 2.45) is 5.92 Å². The van der Waals surface area contributed by atoms with Gasteiger partial charge in [0.05, 0.1) is 6.54 Å². The first-order chi connectivity index (χ1) is 14.8. The third kappa shape index (κ3) is 5.44. The molecular formula is C23H32N4O4. The molecule has 1 aromatic carbocycles. The summed E-state index contributed by atoms with van der Waals surface area (Å²) in [6.45, 7) is 4.52. The van der Waals surface area contributed by atoms with Crippen LogP contribution in [0.3, 0.4) is 0 Å². The maximum Gasteiger partial charge on any atom is 0.247 e. The highest BCUT2D eigenvalue weighted by molar-refractivity contribution is 5.93. The lowest BCUT2D eigenvalue weighted by atomic mass is 9.97. The van der Waals surface area contributed by atoms with E-state index in [2.05, 4.69) is 10.6 Å². The van der Waals surface area contributed by atoms with Gasteiger partial charge in [0.2, 0.25) is 17.7 Å². The number of rotatable bonds is 4. The predicted octanol–water partition coefficient (Wildman–Crippen LogP) is 1.23. The first-order valence-corrected chi connectivity index (χ1v) is 10.8. The van der Waals surface area contributed by atoms with E-state index in [1.807, 2.05) is 52.2 Å². The van der Waals surface area contributed by atoms with Gasteiger partial charge in [0.1, 0.15) is 23.9 Å². The molecule has 2 N–H and O–H groups in total. The van der Waals surface area contributed by atoms with Crippen molar-refractivity contribution in [2.75, 3.05) is 27.2 Å². The van der Waals surface area contributed by atoms with Crippen LogP contribution in [0.1, 0.15) is 32.3 Å². The minimum Gasteiger partial charge on any atom is -0.488 e. The molecule has 0 aromatic heterocycles. The predicted molar refractivity (Wildman–Crippen MR) is 118 cm³/mol. The van der Waals surface area contributed by atoms with Crippen LogP contribution in [0.5, 0.6) is 5.75 Å². The summed E-state index contributed by atoms with van der Waals surface area (Å²) in [4.78, 5) is 42.4. The standard InChI is InChI=1S/C23H32N4O4/c1-5-15(2)20-22(29)24-12-10-16-6-8-17(9-7-16)31-18-11-13-27(19(28)14-26(3)4)21(18)23(30)25-20/h6-10,12,15,18,20-21H,5,11,13-14H2,1-4H3,(H,24,29)(H,25,30)/b12-10+/t15-,18-,20-,21-/m0/s1. The molecule has 3 heterocycles. The summed E-state index contributed by atoms with van der Waals surface area (Å²) in [5, 5.41) is 5.68. The number of nitrogens with zero attached hydrogens (tertiary/aromatic N) is 2. The summed E-state index contributed by atoms with van der Waals surface area (Å²) in [6.07, 6.45) is 4.14. The van der Waals surface area contributed by atoms with E-state index < -0.39 is 18.2 Å². The number of nitrogens with one attached hydrogen (secondary N) is 2. The summed E-state index contributed by atoms with van der Waals surface area (Å²) in [5.74, 6) is -0.223. The Balaban J connectivity index is 1.96. The fourth-order valence-corrected chi connectivity index (χ4v) is 3.92. The van der Waals surface area contributed by atoms with Crippen molar-refractivity contribution in [3.63, 3.8) is 0 Å². The molecule has 0 spiro atoms. The van der Waals surface area contributed by atoms with Crippen molar-refractivity contribution in [1.29, 1.82) is 0 Å². The summed E-state index contributed by atoms with van der Waals surface area (Å²) >= 11 is 0. The highest BCUT2D eigenvalue weighted by atomic mass is 16.5. The largest absolute Gasteiger partial charge is 0.488 e. The first kappa shape index (κ1) is 22.8. The topological polar surface area (TPSA) is 91.0 Å². The number of carbonyl (C=O) groups is 3. The minimum absolute atomic E-state index is 0.0739. The molecule has 31 heavy (non-hydrogen) atoms. The first-order valence-electron chi connectivity index (χ1n) is 10.8. The van der Waals surface area contributed by atoms with Crippen LogP contribution >= 0.6 is 0 Å². The van der Waals surface area contributed by atoms with Gasteiger partial charge < -0.3 is 25.2 Å². The maximum atomic E-state index is 13.4. The highest BCUT2D eigenvalue weighted by Gasteiger charge is 2.44. The van der Waals surface area contributed by atoms with Crippen LogP contribution in [0.4, 0.5) is 0 Å². The Hall–Kier alpha value is -2.87. The van der Waals surface area contributed by atoms with Gasteiger partial charge in [0.25, 0.3) is 0 Å². The van der Waals surface area contributed by atoms with Gasteiger partial charge in [-0.25, -0.2) is 0 Å². The monoisotopic (exact) mass is 428 g/mol. The van der Waals surface area contributed by atoms with Gasteiger partial charge in [-0.05, 0) is 43.8 Å². The van der Waals surface area contributed by atoms with Crippen LogP contribution in [0.15, 0.2) is 30.5 Å².